The summed E-state index contributed by atoms with van der Waals surface area (Å²) in [7, 11) is 0. The normalized spacial score (nSPS) is 18.3. The van der Waals surface area contributed by atoms with Crippen molar-refractivity contribution in [3.05, 3.63) is 34.9 Å². The van der Waals surface area contributed by atoms with E-state index in [2.05, 4.69) is 0 Å². The summed E-state index contributed by atoms with van der Waals surface area (Å²) in [5, 5.41) is 19.7. The molecule has 2 N–H and O–H groups in total. The number of carbonyl (C=O) groups excluding carboxylic acids is 1. The molecule has 1 aliphatic rings. The summed E-state index contributed by atoms with van der Waals surface area (Å²) < 4.78 is 0. The molecule has 0 aromatic heterocycles. The Kier molecular flexibility index (Phi) is 4.38. The molecular formula is C14H17ClO3. The van der Waals surface area contributed by atoms with Crippen molar-refractivity contribution in [1.82, 2.24) is 0 Å². The van der Waals surface area contributed by atoms with E-state index in [1.54, 1.807) is 12.1 Å². The molecular weight excluding hydrogens is 252 g/mol. The minimum atomic E-state index is -0.983. The topological polar surface area (TPSA) is 57.5 Å². The molecule has 2 unspecified atom stereocenters. The fourth-order valence-electron chi connectivity index (χ4n) is 2.32. The minimum Gasteiger partial charge on any atom is -0.390 e. The summed E-state index contributed by atoms with van der Waals surface area (Å²) in [5.41, 5.74) is 2.31. The zero-order valence-electron chi connectivity index (χ0n) is 10.1. The fraction of sp³-hybridized carbons (Fsp3) is 0.500. The van der Waals surface area contributed by atoms with E-state index in [0.717, 1.165) is 18.4 Å². The van der Waals surface area contributed by atoms with Crippen molar-refractivity contribution in [2.45, 2.75) is 37.9 Å². The van der Waals surface area contributed by atoms with Gasteiger partial charge >= 0.3 is 0 Å². The molecule has 0 amide bonds. The molecule has 0 saturated carbocycles. The fourth-order valence-corrected chi connectivity index (χ4v) is 2.55. The smallest absolute Gasteiger partial charge is 0.163 e. The second kappa shape index (κ2) is 5.83. The molecule has 4 heteroatoms. The highest BCUT2D eigenvalue weighted by molar-refractivity contribution is 6.17. The lowest BCUT2D eigenvalue weighted by Crippen LogP contribution is -2.20. The van der Waals surface area contributed by atoms with E-state index in [4.69, 9.17) is 11.6 Å². The lowest BCUT2D eigenvalue weighted by Gasteiger charge is -2.20. The van der Waals surface area contributed by atoms with Crippen LogP contribution in [0, 0.1) is 0 Å². The molecule has 3 nitrogen and oxygen atoms in total. The Hall–Kier alpha value is -0.900. The Balaban J connectivity index is 2.25. The van der Waals surface area contributed by atoms with Gasteiger partial charge in [-0.2, -0.15) is 0 Å². The molecule has 2 rings (SSSR count). The highest BCUT2D eigenvalue weighted by Crippen LogP contribution is 2.26. The third-order valence-corrected chi connectivity index (χ3v) is 3.61. The van der Waals surface area contributed by atoms with Crippen LogP contribution in [0.25, 0.3) is 0 Å². The maximum Gasteiger partial charge on any atom is 0.163 e. The summed E-state index contributed by atoms with van der Waals surface area (Å²) in [6.07, 6.45) is 0.817. The molecule has 0 fully saturated rings. The van der Waals surface area contributed by atoms with E-state index in [-0.39, 0.29) is 5.78 Å². The number of aliphatic hydroxyl groups excluding tert-OH is 2. The first kappa shape index (κ1) is 13.5. The van der Waals surface area contributed by atoms with E-state index in [1.807, 2.05) is 6.07 Å². The van der Waals surface area contributed by atoms with Crippen molar-refractivity contribution in [2.24, 2.45) is 0 Å². The van der Waals surface area contributed by atoms with Gasteiger partial charge in [0.25, 0.3) is 0 Å². The molecule has 0 aliphatic heterocycles. The van der Waals surface area contributed by atoms with Crippen LogP contribution in [0.1, 0.15) is 46.9 Å². The Morgan fingerprint density at radius 1 is 1.28 bits per heavy atom. The summed E-state index contributed by atoms with van der Waals surface area (Å²) in [5.74, 6) is 0.416. The average Bonchev–Trinajstić information content (AvgIpc) is 2.38. The second-order valence-corrected chi connectivity index (χ2v) is 5.06. The van der Waals surface area contributed by atoms with Gasteiger partial charge in [-0.15, -0.1) is 11.6 Å². The largest absolute Gasteiger partial charge is 0.390 e. The number of aliphatic hydroxyl groups is 2. The van der Waals surface area contributed by atoms with Gasteiger partial charge in [-0.3, -0.25) is 4.79 Å². The lowest BCUT2D eigenvalue weighted by molar-refractivity contribution is 0.0169. The first-order valence-electron chi connectivity index (χ1n) is 6.21. The number of Topliss-reactive ketones (excluding diaryl/α,β-unsaturated/α-hetero) is 1. The van der Waals surface area contributed by atoms with Gasteiger partial charge in [-0.25, -0.2) is 0 Å². The van der Waals surface area contributed by atoms with Crippen LogP contribution in [0.2, 0.25) is 0 Å². The van der Waals surface area contributed by atoms with Gasteiger partial charge in [0.2, 0.25) is 0 Å². The van der Waals surface area contributed by atoms with Gasteiger partial charge in [0.05, 0.1) is 6.10 Å². The van der Waals surface area contributed by atoms with Crippen molar-refractivity contribution < 1.29 is 15.0 Å². The molecule has 2 atom stereocenters. The quantitative estimate of drug-likeness (QED) is 0.824. The number of alkyl halides is 1. The molecule has 98 valence electrons. The van der Waals surface area contributed by atoms with Gasteiger partial charge in [0, 0.05) is 17.9 Å². The van der Waals surface area contributed by atoms with Crippen molar-refractivity contribution in [2.75, 3.05) is 5.88 Å². The van der Waals surface area contributed by atoms with Crippen molar-refractivity contribution >= 4 is 17.4 Å². The van der Waals surface area contributed by atoms with E-state index in [1.165, 1.54) is 0 Å². The molecule has 1 aromatic carbocycles. The van der Waals surface area contributed by atoms with Crippen LogP contribution in [0.4, 0.5) is 0 Å². The summed E-state index contributed by atoms with van der Waals surface area (Å²) in [6.45, 7) is 0. The number of rotatable bonds is 4. The Labute approximate surface area is 111 Å². The van der Waals surface area contributed by atoms with Crippen molar-refractivity contribution in [3.63, 3.8) is 0 Å². The third-order valence-electron chi connectivity index (χ3n) is 3.40. The number of benzene rings is 1. The Morgan fingerprint density at radius 3 is 2.78 bits per heavy atom. The standard InChI is InChI=1S/C14H17ClO3/c15-7-6-13(17)14(18)10-5-4-9-2-1-3-12(16)11(9)8-10/h4-5,8,13-14,17-18H,1-3,6-7H2. The van der Waals surface area contributed by atoms with E-state index >= 15 is 0 Å². The van der Waals surface area contributed by atoms with Crippen LogP contribution in [-0.2, 0) is 6.42 Å². The SMILES string of the molecule is O=C1CCCc2ccc(C(O)C(O)CCCl)cc21. The Morgan fingerprint density at radius 2 is 2.06 bits per heavy atom. The van der Waals surface area contributed by atoms with Crippen molar-refractivity contribution in [1.29, 1.82) is 0 Å². The predicted octanol–water partition coefficient (Wildman–Crippen LogP) is 2.23. The lowest BCUT2D eigenvalue weighted by atomic mass is 9.88. The van der Waals surface area contributed by atoms with Crippen LogP contribution in [-0.4, -0.2) is 28.0 Å². The number of halogens is 1. The predicted molar refractivity (Wildman–Crippen MR) is 70.0 cm³/mol. The van der Waals surface area contributed by atoms with Crippen LogP contribution >= 0.6 is 11.6 Å². The van der Waals surface area contributed by atoms with Crippen molar-refractivity contribution in [3.8, 4) is 0 Å². The van der Waals surface area contributed by atoms with Crippen LogP contribution in [0.5, 0.6) is 0 Å². The van der Waals surface area contributed by atoms with Gasteiger partial charge in [-0.1, -0.05) is 12.1 Å². The maximum atomic E-state index is 11.8. The molecule has 0 radical (unpaired) electrons. The molecule has 1 aromatic rings. The summed E-state index contributed by atoms with van der Waals surface area (Å²) >= 11 is 5.54. The first-order valence-corrected chi connectivity index (χ1v) is 6.75. The number of hydrogen-bond donors (Lipinski definition) is 2. The average molecular weight is 269 g/mol. The van der Waals surface area contributed by atoms with Crippen LogP contribution in [0.3, 0.4) is 0 Å². The minimum absolute atomic E-state index is 0.122. The van der Waals surface area contributed by atoms with Gasteiger partial charge < -0.3 is 10.2 Å². The second-order valence-electron chi connectivity index (χ2n) is 4.68. The Bertz CT molecular complexity index is 445. The van der Waals surface area contributed by atoms with Crippen LogP contribution in [0.15, 0.2) is 18.2 Å². The number of fused-ring (bicyclic) bond motifs is 1. The molecule has 0 bridgehead atoms. The van der Waals surface area contributed by atoms with E-state index in [9.17, 15) is 15.0 Å². The highest BCUT2D eigenvalue weighted by atomic mass is 35.5. The van der Waals surface area contributed by atoms with E-state index < -0.39 is 12.2 Å². The molecule has 0 saturated heterocycles. The molecule has 18 heavy (non-hydrogen) atoms. The zero-order valence-corrected chi connectivity index (χ0v) is 10.9. The number of hydrogen-bond acceptors (Lipinski definition) is 3. The van der Waals surface area contributed by atoms with Gasteiger partial charge in [-0.05, 0) is 36.5 Å². The third kappa shape index (κ3) is 2.74. The summed E-state index contributed by atoms with van der Waals surface area (Å²) in [6, 6.07) is 5.36. The molecule has 0 heterocycles. The molecule has 1 aliphatic carbocycles. The number of carbonyl (C=O) groups is 1. The van der Waals surface area contributed by atoms with E-state index in [0.29, 0.717) is 29.8 Å². The van der Waals surface area contributed by atoms with Crippen LogP contribution < -0.4 is 0 Å². The zero-order chi connectivity index (χ0) is 13.1. The maximum absolute atomic E-state index is 11.8. The number of ketones is 1. The summed E-state index contributed by atoms with van der Waals surface area (Å²) in [4.78, 5) is 11.8. The monoisotopic (exact) mass is 268 g/mol. The highest BCUT2D eigenvalue weighted by Gasteiger charge is 2.22. The first-order chi connectivity index (χ1) is 8.63. The van der Waals surface area contributed by atoms with Gasteiger partial charge in [0.1, 0.15) is 6.10 Å². The number of aryl methyl sites for hydroxylation is 1. The van der Waals surface area contributed by atoms with Gasteiger partial charge in [0.15, 0.2) is 5.78 Å². The molecule has 0 spiro atoms.